The van der Waals surface area contributed by atoms with Gasteiger partial charge in [0, 0.05) is 51.5 Å². The van der Waals surface area contributed by atoms with E-state index in [4.69, 9.17) is 15.0 Å². The molecule has 1 aromatic heterocycles. The predicted molar refractivity (Wildman–Crippen MR) is 84.8 cm³/mol. The van der Waals surface area contributed by atoms with Crippen LogP contribution in [0.3, 0.4) is 0 Å². The van der Waals surface area contributed by atoms with Crippen LogP contribution in [0.1, 0.15) is 29.9 Å². The minimum atomic E-state index is -0.734. The van der Waals surface area contributed by atoms with E-state index in [0.29, 0.717) is 26.1 Å². The van der Waals surface area contributed by atoms with Crippen molar-refractivity contribution in [2.24, 2.45) is 5.73 Å². The average molecular weight is 322 g/mol. The summed E-state index contributed by atoms with van der Waals surface area (Å²) < 4.78 is 10.5. The van der Waals surface area contributed by atoms with Crippen molar-refractivity contribution < 1.29 is 14.1 Å². The molecular formula is C16H26N4O3. The topological polar surface area (TPSA) is 84.8 Å². The number of aromatic nitrogens is 1. The van der Waals surface area contributed by atoms with Crippen molar-refractivity contribution in [1.82, 2.24) is 15.0 Å². The molecular weight excluding hydrogens is 296 g/mol. The normalized spacial score (nSPS) is 22.3. The zero-order valence-electron chi connectivity index (χ0n) is 14.0. The molecule has 0 radical (unpaired) electrons. The third-order valence-electron chi connectivity index (χ3n) is 5.03. The Bertz CT molecular complexity index is 538. The average Bonchev–Trinajstić information content (AvgIpc) is 2.87. The Morgan fingerprint density at radius 1 is 1.22 bits per heavy atom. The van der Waals surface area contributed by atoms with Crippen molar-refractivity contribution in [3.8, 4) is 0 Å². The number of nitrogens with two attached hydrogens (primary N) is 1. The minimum absolute atomic E-state index is 0.0813. The van der Waals surface area contributed by atoms with Crippen LogP contribution in [0.25, 0.3) is 0 Å². The second kappa shape index (κ2) is 6.59. The molecule has 128 valence electrons. The predicted octanol–water partition coefficient (Wildman–Crippen LogP) is 0.444. The molecule has 0 aliphatic carbocycles. The molecule has 7 heteroatoms. The van der Waals surface area contributed by atoms with Crippen molar-refractivity contribution >= 4 is 5.91 Å². The van der Waals surface area contributed by atoms with Crippen molar-refractivity contribution in [1.29, 1.82) is 0 Å². The Hall–Kier alpha value is -1.44. The zero-order chi connectivity index (χ0) is 16.4. The van der Waals surface area contributed by atoms with Crippen LogP contribution < -0.4 is 5.73 Å². The third-order valence-corrected chi connectivity index (χ3v) is 5.03. The zero-order valence-corrected chi connectivity index (χ0v) is 14.0. The fourth-order valence-corrected chi connectivity index (χ4v) is 3.32. The Kier molecular flexibility index (Phi) is 4.70. The molecule has 0 spiro atoms. The lowest BCUT2D eigenvalue weighted by Crippen LogP contribution is -2.61. The standard InChI is InChI=1S/C16H26N4O3/c1-12-14(13(2)23-18-12)11-19-5-7-20(8-6-19)15(21)16(17)3-9-22-10-4-16/h3-11,17H2,1-2H3. The van der Waals surface area contributed by atoms with E-state index in [2.05, 4.69) is 10.1 Å². The molecule has 2 saturated heterocycles. The molecule has 2 aliphatic rings. The number of ether oxygens (including phenoxy) is 1. The highest BCUT2D eigenvalue weighted by atomic mass is 16.5. The highest BCUT2D eigenvalue weighted by Gasteiger charge is 2.39. The highest BCUT2D eigenvalue weighted by molar-refractivity contribution is 5.86. The van der Waals surface area contributed by atoms with Crippen molar-refractivity contribution in [2.75, 3.05) is 39.4 Å². The number of nitrogens with zero attached hydrogens (tertiary/aromatic N) is 3. The smallest absolute Gasteiger partial charge is 0.242 e. The molecule has 3 heterocycles. The second-order valence-electron chi connectivity index (χ2n) is 6.64. The van der Waals surface area contributed by atoms with E-state index >= 15 is 0 Å². The SMILES string of the molecule is Cc1noc(C)c1CN1CCN(C(=O)C2(N)CCOCC2)CC1. The van der Waals surface area contributed by atoms with Gasteiger partial charge in [-0.2, -0.15) is 0 Å². The van der Waals surface area contributed by atoms with Gasteiger partial charge in [0.2, 0.25) is 5.91 Å². The van der Waals surface area contributed by atoms with E-state index in [-0.39, 0.29) is 5.91 Å². The van der Waals surface area contributed by atoms with E-state index in [1.807, 2.05) is 18.7 Å². The summed E-state index contributed by atoms with van der Waals surface area (Å²) in [4.78, 5) is 17.0. The number of carbonyl (C=O) groups excluding carboxylic acids is 1. The van der Waals surface area contributed by atoms with E-state index in [1.54, 1.807) is 0 Å². The molecule has 23 heavy (non-hydrogen) atoms. The Morgan fingerprint density at radius 3 is 2.43 bits per heavy atom. The summed E-state index contributed by atoms with van der Waals surface area (Å²) in [5.74, 6) is 0.960. The molecule has 0 aromatic carbocycles. The summed E-state index contributed by atoms with van der Waals surface area (Å²) in [5.41, 5.74) is 7.68. The molecule has 0 bridgehead atoms. The first kappa shape index (κ1) is 16.4. The number of hydrogen-bond donors (Lipinski definition) is 1. The van der Waals surface area contributed by atoms with E-state index in [1.165, 1.54) is 0 Å². The molecule has 0 unspecified atom stereocenters. The molecule has 2 N–H and O–H groups in total. The number of rotatable bonds is 3. The van der Waals surface area contributed by atoms with Crippen LogP contribution in [0.5, 0.6) is 0 Å². The van der Waals surface area contributed by atoms with Crippen LogP contribution in [0, 0.1) is 13.8 Å². The number of piperazine rings is 1. The lowest BCUT2D eigenvalue weighted by molar-refractivity contribution is -0.142. The summed E-state index contributed by atoms with van der Waals surface area (Å²) in [6.07, 6.45) is 1.23. The van der Waals surface area contributed by atoms with Gasteiger partial charge in [-0.1, -0.05) is 5.16 Å². The molecule has 0 atom stereocenters. The number of aryl methyl sites for hydroxylation is 2. The Labute approximate surface area is 136 Å². The lowest BCUT2D eigenvalue weighted by atomic mass is 9.89. The van der Waals surface area contributed by atoms with Gasteiger partial charge in [-0.05, 0) is 26.7 Å². The quantitative estimate of drug-likeness (QED) is 0.869. The van der Waals surface area contributed by atoms with Gasteiger partial charge in [0.1, 0.15) is 5.76 Å². The van der Waals surface area contributed by atoms with Crippen LogP contribution in [0.15, 0.2) is 4.52 Å². The second-order valence-corrected chi connectivity index (χ2v) is 6.64. The van der Waals surface area contributed by atoms with Crippen molar-refractivity contribution in [2.45, 2.75) is 38.8 Å². The summed E-state index contributed by atoms with van der Waals surface area (Å²) in [7, 11) is 0. The number of carbonyl (C=O) groups is 1. The van der Waals surface area contributed by atoms with E-state index in [0.717, 1.165) is 49.7 Å². The van der Waals surface area contributed by atoms with Gasteiger partial charge in [-0.3, -0.25) is 9.69 Å². The molecule has 2 aliphatic heterocycles. The first-order valence-electron chi connectivity index (χ1n) is 8.30. The van der Waals surface area contributed by atoms with E-state index in [9.17, 15) is 4.79 Å². The maximum atomic E-state index is 12.7. The van der Waals surface area contributed by atoms with Gasteiger partial charge in [-0.25, -0.2) is 0 Å². The van der Waals surface area contributed by atoms with Gasteiger partial charge in [0.05, 0.1) is 11.2 Å². The van der Waals surface area contributed by atoms with Gasteiger partial charge in [0.15, 0.2) is 0 Å². The summed E-state index contributed by atoms with van der Waals surface area (Å²) >= 11 is 0. The number of hydrogen-bond acceptors (Lipinski definition) is 6. The summed E-state index contributed by atoms with van der Waals surface area (Å²) in [6.45, 7) is 9.04. The summed E-state index contributed by atoms with van der Waals surface area (Å²) in [5, 5.41) is 4.00. The Balaban J connectivity index is 1.55. The molecule has 7 nitrogen and oxygen atoms in total. The van der Waals surface area contributed by atoms with Crippen LogP contribution in [-0.4, -0.2) is 65.8 Å². The fourth-order valence-electron chi connectivity index (χ4n) is 3.32. The summed E-state index contributed by atoms with van der Waals surface area (Å²) in [6, 6.07) is 0. The maximum absolute atomic E-state index is 12.7. The first-order chi connectivity index (χ1) is 11.0. The van der Waals surface area contributed by atoms with Crippen LogP contribution in [-0.2, 0) is 16.1 Å². The molecule has 3 rings (SSSR count). The lowest BCUT2D eigenvalue weighted by Gasteiger charge is -2.40. The molecule has 1 amide bonds. The molecule has 0 saturated carbocycles. The fraction of sp³-hybridized carbons (Fsp3) is 0.750. The van der Waals surface area contributed by atoms with Gasteiger partial charge >= 0.3 is 0 Å². The monoisotopic (exact) mass is 322 g/mol. The Morgan fingerprint density at radius 2 is 1.87 bits per heavy atom. The largest absolute Gasteiger partial charge is 0.381 e. The van der Waals surface area contributed by atoms with Gasteiger partial charge in [0.25, 0.3) is 0 Å². The van der Waals surface area contributed by atoms with E-state index < -0.39 is 5.54 Å². The minimum Gasteiger partial charge on any atom is -0.381 e. The van der Waals surface area contributed by atoms with Crippen LogP contribution >= 0.6 is 0 Å². The molecule has 1 aromatic rings. The number of amides is 1. The maximum Gasteiger partial charge on any atom is 0.242 e. The van der Waals surface area contributed by atoms with Crippen LogP contribution in [0.4, 0.5) is 0 Å². The van der Waals surface area contributed by atoms with Crippen molar-refractivity contribution in [3.05, 3.63) is 17.0 Å². The van der Waals surface area contributed by atoms with Gasteiger partial charge < -0.3 is 19.9 Å². The van der Waals surface area contributed by atoms with Crippen LogP contribution in [0.2, 0.25) is 0 Å². The first-order valence-corrected chi connectivity index (χ1v) is 8.30. The van der Waals surface area contributed by atoms with Gasteiger partial charge in [-0.15, -0.1) is 0 Å². The third kappa shape index (κ3) is 3.41. The molecule has 2 fully saturated rings. The highest BCUT2D eigenvalue weighted by Crippen LogP contribution is 2.22. The van der Waals surface area contributed by atoms with Crippen molar-refractivity contribution in [3.63, 3.8) is 0 Å².